The Morgan fingerprint density at radius 1 is 1.10 bits per heavy atom. The van der Waals surface area contributed by atoms with E-state index in [1.165, 1.54) is 51.5 Å². The molecule has 3 aliphatic rings. The number of hydrogen-bond acceptors (Lipinski definition) is 3. The zero-order valence-corrected chi connectivity index (χ0v) is 13.2. The maximum atomic E-state index is 11.7. The van der Waals surface area contributed by atoms with Gasteiger partial charge in [-0.05, 0) is 64.5 Å². The van der Waals surface area contributed by atoms with Crippen molar-refractivity contribution in [1.82, 2.24) is 9.80 Å². The fraction of sp³-hybridized carbons (Fsp3) is 0.941. The molecule has 3 heteroatoms. The van der Waals surface area contributed by atoms with Gasteiger partial charge in [-0.25, -0.2) is 0 Å². The monoisotopic (exact) mass is 278 g/mol. The molecule has 2 unspecified atom stereocenters. The molecule has 3 rings (SSSR count). The van der Waals surface area contributed by atoms with Crippen molar-refractivity contribution in [2.45, 2.75) is 64.0 Å². The summed E-state index contributed by atoms with van der Waals surface area (Å²) in [6, 6.07) is 1.53. The first-order valence-corrected chi connectivity index (χ1v) is 8.52. The molecule has 0 amide bonds. The molecule has 20 heavy (non-hydrogen) atoms. The average molecular weight is 278 g/mol. The summed E-state index contributed by atoms with van der Waals surface area (Å²) in [4.78, 5) is 16.9. The van der Waals surface area contributed by atoms with Crippen LogP contribution in [0.15, 0.2) is 0 Å². The molecule has 0 N–H and O–H groups in total. The van der Waals surface area contributed by atoms with Crippen LogP contribution in [0.1, 0.15) is 51.9 Å². The van der Waals surface area contributed by atoms with Gasteiger partial charge in [0.1, 0.15) is 6.29 Å². The molecule has 2 aliphatic heterocycles. The minimum atomic E-state index is -0.0331. The molecule has 3 nitrogen and oxygen atoms in total. The first-order valence-electron chi connectivity index (χ1n) is 8.52. The highest BCUT2D eigenvalue weighted by molar-refractivity contribution is 5.60. The Balaban J connectivity index is 1.63. The van der Waals surface area contributed by atoms with Crippen LogP contribution < -0.4 is 0 Å². The molecular formula is C17H30N2O. The second kappa shape index (κ2) is 5.76. The lowest BCUT2D eigenvalue weighted by Gasteiger charge is -2.39. The average Bonchev–Trinajstić information content (AvgIpc) is 2.70. The highest BCUT2D eigenvalue weighted by atomic mass is 16.1. The van der Waals surface area contributed by atoms with E-state index in [1.54, 1.807) is 0 Å². The molecule has 0 aromatic rings. The Hall–Kier alpha value is -0.410. The first-order chi connectivity index (χ1) is 9.62. The predicted octanol–water partition coefficient (Wildman–Crippen LogP) is 2.55. The van der Waals surface area contributed by atoms with Gasteiger partial charge in [0, 0.05) is 30.6 Å². The van der Waals surface area contributed by atoms with Crippen LogP contribution in [0.4, 0.5) is 0 Å². The first kappa shape index (κ1) is 14.5. The minimum Gasteiger partial charge on any atom is -0.303 e. The second-order valence-electron chi connectivity index (χ2n) is 7.74. The summed E-state index contributed by atoms with van der Waals surface area (Å²) in [5.74, 6) is 0.814. The third-order valence-electron chi connectivity index (χ3n) is 6.29. The van der Waals surface area contributed by atoms with E-state index in [0.29, 0.717) is 0 Å². The summed E-state index contributed by atoms with van der Waals surface area (Å²) >= 11 is 0. The van der Waals surface area contributed by atoms with E-state index in [2.05, 4.69) is 23.8 Å². The van der Waals surface area contributed by atoms with Crippen LogP contribution in [0.5, 0.6) is 0 Å². The van der Waals surface area contributed by atoms with Gasteiger partial charge in [-0.1, -0.05) is 6.92 Å². The lowest BCUT2D eigenvalue weighted by molar-refractivity contribution is -0.119. The molecular weight excluding hydrogens is 248 g/mol. The van der Waals surface area contributed by atoms with Crippen molar-refractivity contribution in [3.05, 3.63) is 0 Å². The van der Waals surface area contributed by atoms with Gasteiger partial charge in [0.2, 0.25) is 0 Å². The van der Waals surface area contributed by atoms with E-state index < -0.39 is 0 Å². The van der Waals surface area contributed by atoms with E-state index >= 15 is 0 Å². The molecule has 1 saturated carbocycles. The summed E-state index contributed by atoms with van der Waals surface area (Å²) in [7, 11) is 2.30. The van der Waals surface area contributed by atoms with Gasteiger partial charge in [-0.2, -0.15) is 0 Å². The van der Waals surface area contributed by atoms with Crippen molar-refractivity contribution in [3.8, 4) is 0 Å². The molecule has 1 aliphatic carbocycles. The zero-order chi connectivity index (χ0) is 14.2. The van der Waals surface area contributed by atoms with Crippen LogP contribution in [0.25, 0.3) is 0 Å². The van der Waals surface area contributed by atoms with Crippen molar-refractivity contribution in [2.24, 2.45) is 11.3 Å². The Bertz CT molecular complexity index is 349. The number of hydrogen-bond donors (Lipinski definition) is 0. The number of fused-ring (bicyclic) bond motifs is 2. The normalized spacial score (nSPS) is 43.4. The van der Waals surface area contributed by atoms with Gasteiger partial charge >= 0.3 is 0 Å². The summed E-state index contributed by atoms with van der Waals surface area (Å²) in [6.45, 7) is 5.71. The maximum absolute atomic E-state index is 11.7. The fourth-order valence-corrected chi connectivity index (χ4v) is 4.62. The summed E-state index contributed by atoms with van der Waals surface area (Å²) in [6.07, 6.45) is 10.0. The van der Waals surface area contributed by atoms with Crippen molar-refractivity contribution < 1.29 is 4.79 Å². The molecule has 0 radical (unpaired) electrons. The smallest absolute Gasteiger partial charge is 0.127 e. The number of rotatable bonds is 3. The number of likely N-dealkylation sites (tertiary alicyclic amines) is 1. The Morgan fingerprint density at radius 2 is 1.80 bits per heavy atom. The highest BCUT2D eigenvalue weighted by Gasteiger charge is 2.39. The van der Waals surface area contributed by atoms with Crippen LogP contribution >= 0.6 is 0 Å². The third kappa shape index (κ3) is 2.80. The largest absolute Gasteiger partial charge is 0.303 e. The van der Waals surface area contributed by atoms with E-state index in [4.69, 9.17) is 0 Å². The molecule has 114 valence electrons. The van der Waals surface area contributed by atoms with Crippen LogP contribution in [0.3, 0.4) is 0 Å². The minimum absolute atomic E-state index is 0.0331. The molecule has 0 aromatic heterocycles. The van der Waals surface area contributed by atoms with Crippen molar-refractivity contribution in [1.29, 1.82) is 0 Å². The Labute approximate surface area is 123 Å². The van der Waals surface area contributed by atoms with E-state index in [9.17, 15) is 4.79 Å². The molecule has 2 atom stereocenters. The van der Waals surface area contributed by atoms with Gasteiger partial charge in [0.05, 0.1) is 0 Å². The summed E-state index contributed by atoms with van der Waals surface area (Å²) < 4.78 is 0. The maximum Gasteiger partial charge on any atom is 0.127 e. The van der Waals surface area contributed by atoms with Crippen LogP contribution in [0.2, 0.25) is 0 Å². The molecule has 0 spiro atoms. The van der Waals surface area contributed by atoms with Gasteiger partial charge in [0.15, 0.2) is 0 Å². The second-order valence-corrected chi connectivity index (χ2v) is 7.74. The molecule has 2 saturated heterocycles. The van der Waals surface area contributed by atoms with E-state index in [-0.39, 0.29) is 5.41 Å². The van der Waals surface area contributed by atoms with Gasteiger partial charge in [0.25, 0.3) is 0 Å². The number of aldehydes is 1. The zero-order valence-electron chi connectivity index (χ0n) is 13.2. The van der Waals surface area contributed by atoms with Crippen molar-refractivity contribution in [3.63, 3.8) is 0 Å². The summed E-state index contributed by atoms with van der Waals surface area (Å²) in [5, 5.41) is 0. The van der Waals surface area contributed by atoms with Crippen molar-refractivity contribution >= 4 is 6.29 Å². The van der Waals surface area contributed by atoms with Crippen molar-refractivity contribution in [2.75, 3.05) is 26.7 Å². The lowest BCUT2D eigenvalue weighted by Crippen LogP contribution is -2.44. The third-order valence-corrected chi connectivity index (χ3v) is 6.29. The van der Waals surface area contributed by atoms with E-state index in [1.807, 2.05) is 0 Å². The predicted molar refractivity (Wildman–Crippen MR) is 81.8 cm³/mol. The van der Waals surface area contributed by atoms with E-state index in [0.717, 1.165) is 37.4 Å². The molecule has 3 fully saturated rings. The Morgan fingerprint density at radius 3 is 2.50 bits per heavy atom. The van der Waals surface area contributed by atoms with Gasteiger partial charge in [-0.3, -0.25) is 4.90 Å². The molecule has 2 bridgehead atoms. The van der Waals surface area contributed by atoms with Crippen LogP contribution in [-0.4, -0.2) is 54.9 Å². The summed E-state index contributed by atoms with van der Waals surface area (Å²) in [5.41, 5.74) is -0.0331. The fourth-order valence-electron chi connectivity index (χ4n) is 4.62. The number of carbonyl (C=O) groups excluding carboxylic acids is 1. The van der Waals surface area contributed by atoms with Gasteiger partial charge in [-0.15, -0.1) is 0 Å². The van der Waals surface area contributed by atoms with Crippen LogP contribution in [0, 0.1) is 11.3 Å². The van der Waals surface area contributed by atoms with Crippen LogP contribution in [-0.2, 0) is 4.79 Å². The quantitative estimate of drug-likeness (QED) is 0.741. The molecule has 2 heterocycles. The molecule has 0 aromatic carbocycles. The number of nitrogens with zero attached hydrogens (tertiary/aromatic N) is 2. The SMILES string of the molecule is CC1CCC(C=O)(CN2CCC3CCC(C2)N3C)CC1. The highest BCUT2D eigenvalue weighted by Crippen LogP contribution is 2.39. The topological polar surface area (TPSA) is 23.6 Å². The standard InChI is InChI=1S/C17H30N2O/c1-14-5-8-17(13-20,9-6-14)12-19-10-7-15-3-4-16(11-19)18(15)2/h13-16H,3-12H2,1-2H3. The number of carbonyl (C=O) groups is 1. The Kier molecular flexibility index (Phi) is 4.19. The van der Waals surface area contributed by atoms with Gasteiger partial charge < -0.3 is 9.69 Å². The lowest BCUT2D eigenvalue weighted by atomic mass is 9.71. The number of likely N-dealkylation sites (N-methyl/N-ethyl adjacent to an activating group) is 1.